The molecule has 0 spiro atoms. The summed E-state index contributed by atoms with van der Waals surface area (Å²) in [7, 11) is 1.80. The highest BCUT2D eigenvalue weighted by atomic mass is 127. The van der Waals surface area contributed by atoms with Crippen LogP contribution in [0.3, 0.4) is 0 Å². The van der Waals surface area contributed by atoms with Gasteiger partial charge in [-0.05, 0) is 37.7 Å². The van der Waals surface area contributed by atoms with E-state index in [-0.39, 0.29) is 24.0 Å². The lowest BCUT2D eigenvalue weighted by Crippen LogP contribution is -2.37. The van der Waals surface area contributed by atoms with Gasteiger partial charge in [-0.15, -0.1) is 24.0 Å². The summed E-state index contributed by atoms with van der Waals surface area (Å²) < 4.78 is 11.1. The molecule has 0 saturated carbocycles. The fraction of sp³-hybridized carbons (Fsp3) is 0.632. The zero-order chi connectivity index (χ0) is 17.0. The number of aryl methyl sites for hydroxylation is 1. The van der Waals surface area contributed by atoms with Gasteiger partial charge in [0.2, 0.25) is 0 Å². The first kappa shape index (κ1) is 22.2. The zero-order valence-electron chi connectivity index (χ0n) is 15.4. The molecule has 1 aliphatic heterocycles. The Morgan fingerprint density at radius 1 is 1.20 bits per heavy atom. The van der Waals surface area contributed by atoms with Crippen LogP contribution in [0.5, 0.6) is 0 Å². The van der Waals surface area contributed by atoms with Crippen molar-refractivity contribution in [1.82, 2.24) is 10.6 Å². The lowest BCUT2D eigenvalue weighted by Gasteiger charge is -2.21. The largest absolute Gasteiger partial charge is 0.381 e. The van der Waals surface area contributed by atoms with Crippen LogP contribution in [0, 0.1) is 12.8 Å². The Hall–Kier alpha value is -0.860. The summed E-state index contributed by atoms with van der Waals surface area (Å²) in [5, 5.41) is 6.66. The van der Waals surface area contributed by atoms with Crippen LogP contribution in [0.1, 0.15) is 30.4 Å². The number of benzene rings is 1. The second-order valence-electron chi connectivity index (χ2n) is 6.32. The Labute approximate surface area is 169 Å². The normalized spacial score (nSPS) is 15.5. The van der Waals surface area contributed by atoms with Crippen LogP contribution in [0.2, 0.25) is 0 Å². The number of hydrogen-bond acceptors (Lipinski definition) is 3. The van der Waals surface area contributed by atoms with E-state index in [4.69, 9.17) is 9.47 Å². The molecule has 0 bridgehead atoms. The Bertz CT molecular complexity index is 488. The molecule has 1 aromatic rings. The van der Waals surface area contributed by atoms with E-state index in [1.807, 2.05) is 0 Å². The molecule has 25 heavy (non-hydrogen) atoms. The minimum absolute atomic E-state index is 0. The van der Waals surface area contributed by atoms with Crippen molar-refractivity contribution in [3.63, 3.8) is 0 Å². The number of halogens is 1. The maximum absolute atomic E-state index is 5.77. The highest BCUT2D eigenvalue weighted by molar-refractivity contribution is 14.0. The number of nitrogens with one attached hydrogen (secondary N) is 2. The molecule has 1 aliphatic rings. The molecule has 0 amide bonds. The molecular formula is C19H32IN3O2. The number of aliphatic imine (C=N–C) groups is 1. The molecule has 0 aliphatic carbocycles. The maximum atomic E-state index is 5.77. The molecule has 0 atom stereocenters. The SMILES string of the molecule is CN=C(NCCCOCC1CCOCC1)NCc1ccc(C)cc1.I. The van der Waals surface area contributed by atoms with E-state index in [1.165, 1.54) is 11.1 Å². The van der Waals surface area contributed by atoms with Crippen molar-refractivity contribution >= 4 is 29.9 Å². The van der Waals surface area contributed by atoms with Gasteiger partial charge in [0.1, 0.15) is 0 Å². The average molecular weight is 461 g/mol. The molecule has 142 valence electrons. The van der Waals surface area contributed by atoms with Crippen LogP contribution in [0.25, 0.3) is 0 Å². The molecular weight excluding hydrogens is 429 g/mol. The highest BCUT2D eigenvalue weighted by Crippen LogP contribution is 2.14. The Kier molecular flexibility index (Phi) is 11.9. The standard InChI is InChI=1S/C19H31N3O2.HI/c1-16-4-6-17(7-5-16)14-22-19(20-2)21-10-3-11-24-15-18-8-12-23-13-9-18;/h4-7,18H,3,8-15H2,1-2H3,(H2,20,21,22);1H. The third-order valence-electron chi connectivity index (χ3n) is 4.26. The second kappa shape index (κ2) is 13.4. The van der Waals surface area contributed by atoms with E-state index >= 15 is 0 Å². The summed E-state index contributed by atoms with van der Waals surface area (Å²) in [5.74, 6) is 1.51. The van der Waals surface area contributed by atoms with Crippen molar-refractivity contribution in [2.45, 2.75) is 32.7 Å². The van der Waals surface area contributed by atoms with Gasteiger partial charge in [0.25, 0.3) is 0 Å². The van der Waals surface area contributed by atoms with Crippen LogP contribution in [-0.2, 0) is 16.0 Å². The summed E-state index contributed by atoms with van der Waals surface area (Å²) in [5.41, 5.74) is 2.53. The highest BCUT2D eigenvalue weighted by Gasteiger charge is 2.13. The minimum atomic E-state index is 0. The zero-order valence-corrected chi connectivity index (χ0v) is 17.8. The monoisotopic (exact) mass is 461 g/mol. The van der Waals surface area contributed by atoms with Gasteiger partial charge < -0.3 is 20.1 Å². The predicted molar refractivity (Wildman–Crippen MR) is 114 cm³/mol. The third kappa shape index (κ3) is 9.42. The summed E-state index contributed by atoms with van der Waals surface area (Å²) in [6.07, 6.45) is 3.25. The Balaban J connectivity index is 0.00000312. The molecule has 0 aromatic heterocycles. The van der Waals surface area contributed by atoms with Crippen molar-refractivity contribution in [2.24, 2.45) is 10.9 Å². The fourth-order valence-corrected chi connectivity index (χ4v) is 2.66. The molecule has 1 fully saturated rings. The Morgan fingerprint density at radius 3 is 2.60 bits per heavy atom. The number of ether oxygens (including phenoxy) is 2. The molecule has 0 unspecified atom stereocenters. The van der Waals surface area contributed by atoms with Crippen molar-refractivity contribution in [3.05, 3.63) is 35.4 Å². The van der Waals surface area contributed by atoms with Gasteiger partial charge in [-0.25, -0.2) is 0 Å². The summed E-state index contributed by atoms with van der Waals surface area (Å²) in [4.78, 5) is 4.25. The van der Waals surface area contributed by atoms with E-state index < -0.39 is 0 Å². The molecule has 0 radical (unpaired) electrons. The number of nitrogens with zero attached hydrogens (tertiary/aromatic N) is 1. The van der Waals surface area contributed by atoms with Gasteiger partial charge >= 0.3 is 0 Å². The molecule has 1 saturated heterocycles. The topological polar surface area (TPSA) is 54.9 Å². The van der Waals surface area contributed by atoms with Crippen molar-refractivity contribution in [2.75, 3.05) is 40.0 Å². The first-order chi connectivity index (χ1) is 11.8. The number of guanidine groups is 1. The minimum Gasteiger partial charge on any atom is -0.381 e. The number of hydrogen-bond donors (Lipinski definition) is 2. The van der Waals surface area contributed by atoms with Crippen LogP contribution in [-0.4, -0.2) is 46.0 Å². The average Bonchev–Trinajstić information content (AvgIpc) is 2.63. The van der Waals surface area contributed by atoms with Gasteiger partial charge in [0, 0.05) is 46.6 Å². The first-order valence-corrected chi connectivity index (χ1v) is 8.93. The molecule has 1 heterocycles. The van der Waals surface area contributed by atoms with Gasteiger partial charge in [-0.2, -0.15) is 0 Å². The lowest BCUT2D eigenvalue weighted by molar-refractivity contribution is 0.0203. The van der Waals surface area contributed by atoms with E-state index in [2.05, 4.69) is 46.8 Å². The van der Waals surface area contributed by atoms with Crippen LogP contribution in [0.15, 0.2) is 29.3 Å². The van der Waals surface area contributed by atoms with E-state index in [0.29, 0.717) is 5.92 Å². The smallest absolute Gasteiger partial charge is 0.191 e. The van der Waals surface area contributed by atoms with E-state index in [0.717, 1.165) is 64.7 Å². The molecule has 2 N–H and O–H groups in total. The van der Waals surface area contributed by atoms with Crippen molar-refractivity contribution in [3.8, 4) is 0 Å². The Morgan fingerprint density at radius 2 is 1.92 bits per heavy atom. The van der Waals surface area contributed by atoms with Gasteiger partial charge in [-0.3, -0.25) is 4.99 Å². The van der Waals surface area contributed by atoms with Crippen molar-refractivity contribution in [1.29, 1.82) is 0 Å². The van der Waals surface area contributed by atoms with Crippen LogP contribution < -0.4 is 10.6 Å². The summed E-state index contributed by atoms with van der Waals surface area (Å²) >= 11 is 0. The molecule has 6 heteroatoms. The van der Waals surface area contributed by atoms with Gasteiger partial charge in [-0.1, -0.05) is 29.8 Å². The van der Waals surface area contributed by atoms with Gasteiger partial charge in [0.15, 0.2) is 5.96 Å². The maximum Gasteiger partial charge on any atom is 0.191 e. The quantitative estimate of drug-likeness (QED) is 0.271. The molecule has 5 nitrogen and oxygen atoms in total. The van der Waals surface area contributed by atoms with Crippen LogP contribution >= 0.6 is 24.0 Å². The fourth-order valence-electron chi connectivity index (χ4n) is 2.66. The summed E-state index contributed by atoms with van der Waals surface area (Å²) in [6.45, 7) is 7.17. The predicted octanol–water partition coefficient (Wildman–Crippen LogP) is 3.11. The third-order valence-corrected chi connectivity index (χ3v) is 4.26. The second-order valence-corrected chi connectivity index (χ2v) is 6.32. The lowest BCUT2D eigenvalue weighted by atomic mass is 10.0. The van der Waals surface area contributed by atoms with Crippen molar-refractivity contribution < 1.29 is 9.47 Å². The first-order valence-electron chi connectivity index (χ1n) is 8.93. The molecule has 2 rings (SSSR count). The summed E-state index contributed by atoms with van der Waals surface area (Å²) in [6, 6.07) is 8.53. The number of rotatable bonds is 8. The van der Waals surface area contributed by atoms with Gasteiger partial charge in [0.05, 0.1) is 0 Å². The van der Waals surface area contributed by atoms with E-state index in [1.54, 1.807) is 7.05 Å². The van der Waals surface area contributed by atoms with Crippen LogP contribution in [0.4, 0.5) is 0 Å². The molecule has 1 aromatic carbocycles. The van der Waals surface area contributed by atoms with E-state index in [9.17, 15) is 0 Å².